The van der Waals surface area contributed by atoms with Gasteiger partial charge in [0.15, 0.2) is 0 Å². The SMILES string of the molecule is CCOC(=O)c1c(CNC(=O)OC(C)(C)C)sc2ccc(B3OC(C)(C)C(C)(C)O3)cc12. The third-order valence-corrected chi connectivity index (χ3v) is 6.75. The van der Waals surface area contributed by atoms with E-state index in [0.29, 0.717) is 10.4 Å². The van der Waals surface area contributed by atoms with E-state index in [2.05, 4.69) is 5.32 Å². The van der Waals surface area contributed by atoms with E-state index < -0.39 is 36.0 Å². The molecule has 32 heavy (non-hydrogen) atoms. The van der Waals surface area contributed by atoms with Crippen LogP contribution in [-0.2, 0) is 25.3 Å². The van der Waals surface area contributed by atoms with E-state index >= 15 is 0 Å². The molecule has 0 bridgehead atoms. The average molecular weight is 461 g/mol. The Balaban J connectivity index is 1.94. The molecule has 0 saturated carbocycles. The Bertz CT molecular complexity index is 1010. The van der Waals surface area contributed by atoms with Gasteiger partial charge < -0.3 is 24.1 Å². The Kier molecular flexibility index (Phi) is 6.66. The second kappa shape index (κ2) is 8.69. The van der Waals surface area contributed by atoms with Gasteiger partial charge in [0.1, 0.15) is 5.60 Å². The first kappa shape index (κ1) is 24.5. The van der Waals surface area contributed by atoms with Crippen LogP contribution in [0.5, 0.6) is 0 Å². The van der Waals surface area contributed by atoms with Crippen LogP contribution in [0, 0.1) is 0 Å². The Labute approximate surface area is 193 Å². The molecule has 2 aromatic rings. The second-order valence-corrected chi connectivity index (χ2v) is 11.0. The maximum absolute atomic E-state index is 12.8. The van der Waals surface area contributed by atoms with Gasteiger partial charge >= 0.3 is 19.2 Å². The molecule has 0 aliphatic carbocycles. The number of carbonyl (C=O) groups is 2. The van der Waals surface area contributed by atoms with Crippen molar-refractivity contribution in [2.24, 2.45) is 0 Å². The number of esters is 1. The lowest BCUT2D eigenvalue weighted by atomic mass is 9.78. The predicted molar refractivity (Wildman–Crippen MR) is 127 cm³/mol. The maximum atomic E-state index is 12.8. The van der Waals surface area contributed by atoms with Crippen LogP contribution in [-0.4, -0.2) is 42.6 Å². The number of amides is 1. The highest BCUT2D eigenvalue weighted by Gasteiger charge is 2.51. The number of hydrogen-bond acceptors (Lipinski definition) is 7. The van der Waals surface area contributed by atoms with Gasteiger partial charge in [0.2, 0.25) is 0 Å². The normalized spacial score (nSPS) is 17.4. The number of rotatable bonds is 5. The highest BCUT2D eigenvalue weighted by atomic mass is 32.1. The molecule has 1 aliphatic rings. The molecule has 0 spiro atoms. The highest BCUT2D eigenvalue weighted by molar-refractivity contribution is 7.19. The van der Waals surface area contributed by atoms with Crippen molar-refractivity contribution in [3.63, 3.8) is 0 Å². The largest absolute Gasteiger partial charge is 0.494 e. The number of carbonyl (C=O) groups excluding carboxylic acids is 2. The fraction of sp³-hybridized carbons (Fsp3) is 0.565. The van der Waals surface area contributed by atoms with E-state index in [4.69, 9.17) is 18.8 Å². The van der Waals surface area contributed by atoms with Crippen LogP contribution in [0.4, 0.5) is 4.79 Å². The molecule has 1 aromatic heterocycles. The van der Waals surface area contributed by atoms with Crippen molar-refractivity contribution >= 4 is 46.1 Å². The zero-order valence-electron chi connectivity index (χ0n) is 20.1. The van der Waals surface area contributed by atoms with E-state index in [-0.39, 0.29) is 13.2 Å². The first-order valence-corrected chi connectivity index (χ1v) is 11.6. The maximum Gasteiger partial charge on any atom is 0.494 e. The van der Waals surface area contributed by atoms with E-state index in [0.717, 1.165) is 15.5 Å². The van der Waals surface area contributed by atoms with Crippen molar-refractivity contribution < 1.29 is 28.4 Å². The van der Waals surface area contributed by atoms with Crippen molar-refractivity contribution in [3.8, 4) is 0 Å². The van der Waals surface area contributed by atoms with Gasteiger partial charge in [-0.05, 0) is 66.9 Å². The lowest BCUT2D eigenvalue weighted by molar-refractivity contribution is 0.00578. The average Bonchev–Trinajstić information content (AvgIpc) is 3.11. The Morgan fingerprint density at radius 3 is 2.31 bits per heavy atom. The second-order valence-electron chi connectivity index (χ2n) is 9.82. The number of nitrogens with one attached hydrogen (secondary N) is 1. The number of benzene rings is 1. The molecule has 1 fully saturated rings. The molecule has 0 unspecified atom stereocenters. The molecule has 7 nitrogen and oxygen atoms in total. The van der Waals surface area contributed by atoms with Crippen LogP contribution in [0.3, 0.4) is 0 Å². The quantitative estimate of drug-likeness (QED) is 0.525. The fourth-order valence-electron chi connectivity index (χ4n) is 3.31. The molecule has 1 aromatic carbocycles. The molecule has 1 amide bonds. The summed E-state index contributed by atoms with van der Waals surface area (Å²) in [6.45, 7) is 15.6. The summed E-state index contributed by atoms with van der Waals surface area (Å²) in [6, 6.07) is 5.80. The Hall–Kier alpha value is -2.10. The molecule has 2 heterocycles. The van der Waals surface area contributed by atoms with Crippen LogP contribution in [0.2, 0.25) is 0 Å². The predicted octanol–water partition coefficient (Wildman–Crippen LogP) is 4.40. The summed E-state index contributed by atoms with van der Waals surface area (Å²) in [5.41, 5.74) is -0.264. The van der Waals surface area contributed by atoms with Crippen LogP contribution >= 0.6 is 11.3 Å². The highest BCUT2D eigenvalue weighted by Crippen LogP contribution is 2.37. The summed E-state index contributed by atoms with van der Waals surface area (Å²) in [5.74, 6) is -0.425. The van der Waals surface area contributed by atoms with Gasteiger partial charge in [-0.3, -0.25) is 0 Å². The number of ether oxygens (including phenoxy) is 2. The van der Waals surface area contributed by atoms with Crippen molar-refractivity contribution in [3.05, 3.63) is 28.6 Å². The van der Waals surface area contributed by atoms with Crippen molar-refractivity contribution in [2.75, 3.05) is 6.61 Å². The van der Waals surface area contributed by atoms with Crippen LogP contribution in [0.25, 0.3) is 10.1 Å². The van der Waals surface area contributed by atoms with Crippen molar-refractivity contribution in [2.45, 2.75) is 78.7 Å². The van der Waals surface area contributed by atoms with Gasteiger partial charge in [-0.1, -0.05) is 12.1 Å². The zero-order valence-corrected chi connectivity index (χ0v) is 20.9. The van der Waals surface area contributed by atoms with Gasteiger partial charge in [0.05, 0.1) is 29.9 Å². The molecule has 9 heteroatoms. The topological polar surface area (TPSA) is 83.1 Å². The van der Waals surface area contributed by atoms with Crippen LogP contribution in [0.15, 0.2) is 18.2 Å². The molecular weight excluding hydrogens is 429 g/mol. The number of fused-ring (bicyclic) bond motifs is 1. The number of thiophene rings is 1. The van der Waals surface area contributed by atoms with Gasteiger partial charge in [-0.25, -0.2) is 9.59 Å². The molecule has 0 radical (unpaired) electrons. The lowest BCUT2D eigenvalue weighted by Gasteiger charge is -2.32. The van der Waals surface area contributed by atoms with E-state index in [1.165, 1.54) is 11.3 Å². The van der Waals surface area contributed by atoms with E-state index in [9.17, 15) is 9.59 Å². The van der Waals surface area contributed by atoms with Crippen LogP contribution in [0.1, 0.15) is 70.6 Å². The minimum Gasteiger partial charge on any atom is -0.462 e. The Morgan fingerprint density at radius 2 is 1.75 bits per heavy atom. The summed E-state index contributed by atoms with van der Waals surface area (Å²) in [6.07, 6.45) is -0.539. The van der Waals surface area contributed by atoms with Gasteiger partial charge in [0.25, 0.3) is 0 Å². The monoisotopic (exact) mass is 461 g/mol. The molecule has 1 aliphatic heterocycles. The third kappa shape index (κ3) is 5.10. The van der Waals surface area contributed by atoms with Crippen molar-refractivity contribution in [1.82, 2.24) is 5.32 Å². The molecular formula is C23H32BNO6S. The number of hydrogen-bond donors (Lipinski definition) is 1. The molecule has 1 N–H and O–H groups in total. The summed E-state index contributed by atoms with van der Waals surface area (Å²) >= 11 is 1.44. The molecule has 0 atom stereocenters. The summed E-state index contributed by atoms with van der Waals surface area (Å²) in [7, 11) is -0.539. The summed E-state index contributed by atoms with van der Waals surface area (Å²) in [5, 5.41) is 3.49. The van der Waals surface area contributed by atoms with Gasteiger partial charge in [-0.15, -0.1) is 11.3 Å². The zero-order chi connectivity index (χ0) is 23.9. The summed E-state index contributed by atoms with van der Waals surface area (Å²) < 4.78 is 23.9. The molecule has 3 rings (SSSR count). The first-order chi connectivity index (χ1) is 14.7. The lowest BCUT2D eigenvalue weighted by Crippen LogP contribution is -2.41. The molecule has 1 saturated heterocycles. The third-order valence-electron chi connectivity index (χ3n) is 5.58. The van der Waals surface area contributed by atoms with Gasteiger partial charge in [-0.2, -0.15) is 0 Å². The number of alkyl carbamates (subject to hydrolysis) is 1. The van der Waals surface area contributed by atoms with Crippen LogP contribution < -0.4 is 10.8 Å². The molecule has 174 valence electrons. The Morgan fingerprint density at radius 1 is 1.12 bits per heavy atom. The first-order valence-electron chi connectivity index (χ1n) is 10.8. The smallest absolute Gasteiger partial charge is 0.462 e. The minimum atomic E-state index is -0.605. The van der Waals surface area contributed by atoms with Crippen molar-refractivity contribution in [1.29, 1.82) is 0 Å². The van der Waals surface area contributed by atoms with Gasteiger partial charge in [0, 0.05) is 15.0 Å². The van der Waals surface area contributed by atoms with E-state index in [1.54, 1.807) is 27.7 Å². The van der Waals surface area contributed by atoms with E-state index in [1.807, 2.05) is 45.9 Å². The summed E-state index contributed by atoms with van der Waals surface area (Å²) in [4.78, 5) is 25.7. The fourth-order valence-corrected chi connectivity index (χ4v) is 4.42. The standard InChI is InChI=1S/C23H32BNO6S/c1-9-28-19(26)18-15-12-14(24-30-22(5,6)23(7,8)31-24)10-11-16(15)32-17(18)13-25-20(27)29-21(2,3)4/h10-12H,9,13H2,1-8H3,(H,25,27). The minimum absolute atomic E-state index is 0.161.